The minimum Gasteiger partial charge on any atom is -0.479 e. The first kappa shape index (κ1) is 27.6. The molecule has 0 saturated heterocycles. The van der Waals surface area contributed by atoms with Gasteiger partial charge in [0.05, 0.1) is 13.1 Å². The van der Waals surface area contributed by atoms with Gasteiger partial charge in [-0.15, -0.1) is 0 Å². The summed E-state index contributed by atoms with van der Waals surface area (Å²) in [6.45, 7) is 0.281. The molecule has 4 rings (SSSR count). The summed E-state index contributed by atoms with van der Waals surface area (Å²) in [6.07, 6.45) is 5.20. The summed E-state index contributed by atoms with van der Waals surface area (Å²) >= 11 is 0. The van der Waals surface area contributed by atoms with Crippen molar-refractivity contribution in [2.75, 3.05) is 11.4 Å². The highest BCUT2D eigenvalue weighted by atomic mass is 16.4. The number of aliphatic carboxylic acids is 1. The molecule has 1 aliphatic carbocycles. The molecule has 39 heavy (non-hydrogen) atoms. The molecule has 1 atom stereocenters. The monoisotopic (exact) mass is 527 g/mol. The number of carbonyl (C=O) groups is 3. The number of amides is 3. The van der Waals surface area contributed by atoms with Crippen LogP contribution in [-0.2, 0) is 17.9 Å². The number of urea groups is 1. The molecule has 0 saturated carbocycles. The molecule has 8 nitrogen and oxygen atoms in total. The van der Waals surface area contributed by atoms with E-state index in [9.17, 15) is 19.5 Å². The van der Waals surface area contributed by atoms with E-state index >= 15 is 0 Å². The lowest BCUT2D eigenvalue weighted by molar-refractivity contribution is -0.146. The van der Waals surface area contributed by atoms with Crippen LogP contribution in [0.5, 0.6) is 0 Å². The predicted octanol–water partition coefficient (Wildman–Crippen LogP) is 4.74. The van der Waals surface area contributed by atoms with Crippen molar-refractivity contribution in [3.8, 4) is 0 Å². The van der Waals surface area contributed by atoms with Crippen molar-refractivity contribution in [1.82, 2.24) is 10.6 Å². The summed E-state index contributed by atoms with van der Waals surface area (Å²) in [5.74, 6) is -1.90. The lowest BCUT2D eigenvalue weighted by atomic mass is 9.93. The standard InChI is InChI=1S/C31H33N3O5/c35-28(30(37)38)20-32-29(36)26-13-11-23(12-14-26)21-34(31(39)33-19-22-7-3-1-4-8-22)27-17-15-25(16-18-27)24-9-5-2-6-10-24/h1,3-4,7-9,11-18,28,35H,2,5-6,10,19-21H2,(H,32,36)(H,33,39)(H,37,38)/t28-/m1/s1. The Morgan fingerprint density at radius 3 is 2.21 bits per heavy atom. The van der Waals surface area contributed by atoms with Crippen LogP contribution >= 0.6 is 0 Å². The van der Waals surface area contributed by atoms with Crippen LogP contribution in [0.1, 0.15) is 52.7 Å². The average molecular weight is 528 g/mol. The van der Waals surface area contributed by atoms with E-state index in [1.807, 2.05) is 42.5 Å². The second kappa shape index (κ2) is 13.4. The molecule has 4 N–H and O–H groups in total. The quantitative estimate of drug-likeness (QED) is 0.304. The smallest absolute Gasteiger partial charge is 0.334 e. The van der Waals surface area contributed by atoms with Crippen LogP contribution in [0.3, 0.4) is 0 Å². The Labute approximate surface area is 228 Å². The molecule has 3 amide bonds. The van der Waals surface area contributed by atoms with Crippen LogP contribution in [0, 0.1) is 0 Å². The van der Waals surface area contributed by atoms with Crippen LogP contribution in [0.25, 0.3) is 5.57 Å². The molecule has 202 valence electrons. The minimum absolute atomic E-state index is 0.243. The van der Waals surface area contributed by atoms with Gasteiger partial charge in [0, 0.05) is 17.8 Å². The summed E-state index contributed by atoms with van der Waals surface area (Å²) in [5.41, 5.74) is 5.40. The number of allylic oxidation sites excluding steroid dienone is 2. The first-order chi connectivity index (χ1) is 18.9. The maximum atomic E-state index is 13.4. The highest BCUT2D eigenvalue weighted by Crippen LogP contribution is 2.28. The SMILES string of the molecule is O=C(NC[C@@H](O)C(=O)O)c1ccc(CN(C(=O)NCc2ccccc2)c2ccc(C3=CCCCC3)cc2)cc1. The summed E-state index contributed by atoms with van der Waals surface area (Å²) in [5, 5.41) is 23.5. The maximum absolute atomic E-state index is 13.4. The first-order valence-electron chi connectivity index (χ1n) is 13.1. The maximum Gasteiger partial charge on any atom is 0.334 e. The molecule has 0 fully saturated rings. The summed E-state index contributed by atoms with van der Waals surface area (Å²) in [4.78, 5) is 38.1. The van der Waals surface area contributed by atoms with Crippen LogP contribution in [-0.4, -0.2) is 40.8 Å². The number of carboxylic acids is 1. The fraction of sp³-hybridized carbons (Fsp3) is 0.258. The summed E-state index contributed by atoms with van der Waals surface area (Å²) in [7, 11) is 0. The third-order valence-electron chi connectivity index (χ3n) is 6.67. The van der Waals surface area contributed by atoms with Crippen molar-refractivity contribution in [2.24, 2.45) is 0 Å². The van der Waals surface area contributed by atoms with E-state index in [2.05, 4.69) is 28.8 Å². The molecule has 3 aromatic rings. The number of nitrogens with one attached hydrogen (secondary N) is 2. The number of carbonyl (C=O) groups excluding carboxylic acids is 2. The van der Waals surface area contributed by atoms with E-state index in [1.165, 1.54) is 24.0 Å². The zero-order valence-corrected chi connectivity index (χ0v) is 21.7. The molecule has 0 unspecified atom stereocenters. The molecular weight excluding hydrogens is 494 g/mol. The van der Waals surface area contributed by atoms with E-state index in [-0.39, 0.29) is 12.6 Å². The van der Waals surface area contributed by atoms with Crippen LogP contribution in [0.15, 0.2) is 84.9 Å². The third kappa shape index (κ3) is 7.78. The van der Waals surface area contributed by atoms with Gasteiger partial charge in [0.25, 0.3) is 5.91 Å². The average Bonchev–Trinajstić information content (AvgIpc) is 2.98. The highest BCUT2D eigenvalue weighted by Gasteiger charge is 2.18. The summed E-state index contributed by atoms with van der Waals surface area (Å²) in [6, 6.07) is 24.2. The van der Waals surface area contributed by atoms with Crippen LogP contribution in [0.4, 0.5) is 10.5 Å². The molecule has 0 aliphatic heterocycles. The molecule has 0 heterocycles. The number of hydrogen-bond donors (Lipinski definition) is 4. The molecule has 0 spiro atoms. The van der Waals surface area contributed by atoms with Crippen molar-refractivity contribution in [3.63, 3.8) is 0 Å². The third-order valence-corrected chi connectivity index (χ3v) is 6.67. The lowest BCUT2D eigenvalue weighted by Gasteiger charge is -2.24. The van der Waals surface area contributed by atoms with Gasteiger partial charge < -0.3 is 20.8 Å². The Morgan fingerprint density at radius 2 is 1.56 bits per heavy atom. The highest BCUT2D eigenvalue weighted by molar-refractivity contribution is 5.95. The van der Waals surface area contributed by atoms with Gasteiger partial charge >= 0.3 is 12.0 Å². The fourth-order valence-electron chi connectivity index (χ4n) is 4.43. The van der Waals surface area contributed by atoms with Gasteiger partial charge in [-0.1, -0.05) is 60.7 Å². The number of anilines is 1. The van der Waals surface area contributed by atoms with Crippen molar-refractivity contribution < 1.29 is 24.6 Å². The summed E-state index contributed by atoms with van der Waals surface area (Å²) < 4.78 is 0. The van der Waals surface area contributed by atoms with Gasteiger partial charge in [0.15, 0.2) is 6.10 Å². The Hall–Kier alpha value is -4.43. The van der Waals surface area contributed by atoms with Gasteiger partial charge in [-0.25, -0.2) is 9.59 Å². The number of benzene rings is 3. The number of carboxylic acid groups (broad SMARTS) is 1. The van der Waals surface area contributed by atoms with Crippen LogP contribution in [0.2, 0.25) is 0 Å². The number of rotatable bonds is 10. The van der Waals surface area contributed by atoms with E-state index in [0.29, 0.717) is 12.1 Å². The second-order valence-electron chi connectivity index (χ2n) is 9.51. The van der Waals surface area contributed by atoms with Gasteiger partial charge in [-0.3, -0.25) is 9.69 Å². The number of aliphatic hydroxyl groups is 1. The molecule has 0 aromatic heterocycles. The molecule has 0 radical (unpaired) electrons. The van der Waals surface area contributed by atoms with Gasteiger partial charge in [0.1, 0.15) is 0 Å². The Kier molecular flexibility index (Phi) is 9.48. The number of aliphatic hydroxyl groups excluding tert-OH is 1. The van der Waals surface area contributed by atoms with E-state index in [4.69, 9.17) is 5.11 Å². The first-order valence-corrected chi connectivity index (χ1v) is 13.1. The number of hydrogen-bond acceptors (Lipinski definition) is 4. The topological polar surface area (TPSA) is 119 Å². The van der Waals surface area contributed by atoms with Gasteiger partial charge in [-0.2, -0.15) is 0 Å². The van der Waals surface area contributed by atoms with E-state index in [1.54, 1.807) is 29.2 Å². The molecular formula is C31H33N3O5. The van der Waals surface area contributed by atoms with Crippen molar-refractivity contribution in [2.45, 2.75) is 44.9 Å². The van der Waals surface area contributed by atoms with Gasteiger partial charge in [-0.05, 0) is 72.2 Å². The number of nitrogens with zero attached hydrogens (tertiary/aromatic N) is 1. The molecule has 3 aromatic carbocycles. The zero-order valence-electron chi connectivity index (χ0n) is 21.7. The van der Waals surface area contributed by atoms with E-state index in [0.717, 1.165) is 29.7 Å². The van der Waals surface area contributed by atoms with E-state index < -0.39 is 24.5 Å². The largest absolute Gasteiger partial charge is 0.479 e. The Bertz CT molecular complexity index is 1300. The molecule has 1 aliphatic rings. The zero-order chi connectivity index (χ0) is 27.6. The van der Waals surface area contributed by atoms with Gasteiger partial charge in [0.2, 0.25) is 0 Å². The van der Waals surface area contributed by atoms with Crippen molar-refractivity contribution in [3.05, 3.63) is 107 Å². The Morgan fingerprint density at radius 1 is 0.846 bits per heavy atom. The van der Waals surface area contributed by atoms with Crippen LogP contribution < -0.4 is 15.5 Å². The van der Waals surface area contributed by atoms with Crippen molar-refractivity contribution in [1.29, 1.82) is 0 Å². The predicted molar refractivity (Wildman–Crippen MR) is 150 cm³/mol. The molecule has 0 bridgehead atoms. The fourth-order valence-corrected chi connectivity index (χ4v) is 4.43. The minimum atomic E-state index is -1.67. The molecule has 8 heteroatoms. The van der Waals surface area contributed by atoms with Crippen molar-refractivity contribution >= 4 is 29.2 Å². The lowest BCUT2D eigenvalue weighted by Crippen LogP contribution is -2.39. The Balaban J connectivity index is 1.48. The second-order valence-corrected chi connectivity index (χ2v) is 9.51. The normalized spacial score (nSPS) is 13.6.